The van der Waals surface area contributed by atoms with Crippen LogP contribution >= 0.6 is 0 Å². The van der Waals surface area contributed by atoms with Gasteiger partial charge in [0.2, 0.25) is 17.8 Å². The van der Waals surface area contributed by atoms with Crippen LogP contribution < -0.4 is 4.90 Å². The van der Waals surface area contributed by atoms with Gasteiger partial charge in [-0.2, -0.15) is 0 Å². The number of rotatable bonds is 6. The van der Waals surface area contributed by atoms with Crippen molar-refractivity contribution in [1.29, 1.82) is 0 Å². The summed E-state index contributed by atoms with van der Waals surface area (Å²) in [6.07, 6.45) is 4.13. The molecular formula is C22H27N5O2. The first-order chi connectivity index (χ1) is 14.2. The van der Waals surface area contributed by atoms with E-state index >= 15 is 0 Å². The van der Waals surface area contributed by atoms with Crippen LogP contribution in [0.3, 0.4) is 0 Å². The normalized spacial score (nSPS) is 21.0. The molecule has 1 aliphatic heterocycles. The largest absolute Gasteiger partial charge is 0.339 e. The number of carbonyl (C=O) groups excluding carboxylic acids is 2. The van der Waals surface area contributed by atoms with Crippen LogP contribution in [0, 0.1) is 11.8 Å². The number of amides is 2. The third-order valence-electron chi connectivity index (χ3n) is 5.76. The van der Waals surface area contributed by atoms with Crippen LogP contribution in [0.1, 0.15) is 18.9 Å². The Labute approximate surface area is 171 Å². The lowest BCUT2D eigenvalue weighted by Crippen LogP contribution is -2.50. The van der Waals surface area contributed by atoms with Gasteiger partial charge in [0.15, 0.2) is 0 Å². The van der Waals surface area contributed by atoms with E-state index in [4.69, 9.17) is 0 Å². The van der Waals surface area contributed by atoms with Crippen molar-refractivity contribution in [3.8, 4) is 0 Å². The summed E-state index contributed by atoms with van der Waals surface area (Å²) in [5, 5.41) is 0. The smallest absolute Gasteiger partial charge is 0.226 e. The molecule has 1 aromatic carbocycles. The summed E-state index contributed by atoms with van der Waals surface area (Å²) < 4.78 is 0. The first-order valence-corrected chi connectivity index (χ1v) is 10.3. The van der Waals surface area contributed by atoms with Crippen molar-refractivity contribution in [1.82, 2.24) is 19.8 Å². The van der Waals surface area contributed by atoms with E-state index in [1.807, 2.05) is 47.1 Å². The molecule has 2 aliphatic rings. The fourth-order valence-electron chi connectivity index (χ4n) is 3.94. The number of nitrogens with zero attached hydrogens (tertiary/aromatic N) is 5. The van der Waals surface area contributed by atoms with E-state index in [0.29, 0.717) is 38.5 Å². The Hall–Kier alpha value is -2.96. The molecule has 2 amide bonds. The van der Waals surface area contributed by atoms with Crippen LogP contribution in [-0.2, 0) is 16.1 Å². The standard InChI is InChI=1S/C22H27N5O2/c1-2-25(16-17-7-4-3-5-8-17)20(28)18-15-19(18)21(29)26-11-13-27(14-12-26)22-23-9-6-10-24-22/h3-10,18-19H,2,11-16H2,1H3. The minimum atomic E-state index is -0.165. The number of benzene rings is 1. The Morgan fingerprint density at radius 3 is 2.34 bits per heavy atom. The van der Waals surface area contributed by atoms with Gasteiger partial charge >= 0.3 is 0 Å². The van der Waals surface area contributed by atoms with Crippen molar-refractivity contribution in [2.75, 3.05) is 37.6 Å². The molecule has 2 aromatic rings. The van der Waals surface area contributed by atoms with E-state index < -0.39 is 0 Å². The molecule has 0 N–H and O–H groups in total. The molecule has 1 aromatic heterocycles. The monoisotopic (exact) mass is 393 g/mol. The molecule has 2 fully saturated rings. The Balaban J connectivity index is 1.29. The Morgan fingerprint density at radius 1 is 1.00 bits per heavy atom. The summed E-state index contributed by atoms with van der Waals surface area (Å²) in [5.41, 5.74) is 1.12. The van der Waals surface area contributed by atoms with Gasteiger partial charge in [-0.1, -0.05) is 30.3 Å². The summed E-state index contributed by atoms with van der Waals surface area (Å²) in [6, 6.07) is 11.8. The fourth-order valence-corrected chi connectivity index (χ4v) is 3.94. The van der Waals surface area contributed by atoms with Gasteiger partial charge < -0.3 is 14.7 Å². The van der Waals surface area contributed by atoms with Crippen molar-refractivity contribution in [2.24, 2.45) is 11.8 Å². The second-order valence-electron chi connectivity index (χ2n) is 7.65. The van der Waals surface area contributed by atoms with Gasteiger partial charge in [-0.05, 0) is 25.0 Å². The minimum absolute atomic E-state index is 0.103. The summed E-state index contributed by atoms with van der Waals surface area (Å²) in [7, 11) is 0. The van der Waals surface area contributed by atoms with Gasteiger partial charge in [-0.3, -0.25) is 9.59 Å². The second-order valence-corrected chi connectivity index (χ2v) is 7.65. The third kappa shape index (κ3) is 4.39. The predicted octanol–water partition coefficient (Wildman–Crippen LogP) is 1.81. The van der Waals surface area contributed by atoms with Gasteiger partial charge in [-0.15, -0.1) is 0 Å². The van der Waals surface area contributed by atoms with Gasteiger partial charge in [-0.25, -0.2) is 9.97 Å². The van der Waals surface area contributed by atoms with Crippen LogP contribution in [0.25, 0.3) is 0 Å². The van der Waals surface area contributed by atoms with Gasteiger partial charge in [0.05, 0.1) is 11.8 Å². The lowest BCUT2D eigenvalue weighted by atomic mass is 10.2. The number of anilines is 1. The Bertz CT molecular complexity index is 837. The third-order valence-corrected chi connectivity index (χ3v) is 5.76. The van der Waals surface area contributed by atoms with Crippen LogP contribution in [0.4, 0.5) is 5.95 Å². The van der Waals surface area contributed by atoms with Crippen molar-refractivity contribution < 1.29 is 9.59 Å². The molecule has 1 aliphatic carbocycles. The number of aromatic nitrogens is 2. The van der Waals surface area contributed by atoms with Crippen LogP contribution in [0.5, 0.6) is 0 Å². The zero-order valence-electron chi connectivity index (χ0n) is 16.8. The highest BCUT2D eigenvalue weighted by atomic mass is 16.2. The molecule has 2 atom stereocenters. The molecule has 0 bridgehead atoms. The lowest BCUT2D eigenvalue weighted by Gasteiger charge is -2.34. The van der Waals surface area contributed by atoms with E-state index in [1.165, 1.54) is 0 Å². The Morgan fingerprint density at radius 2 is 1.69 bits per heavy atom. The summed E-state index contributed by atoms with van der Waals surface area (Å²) in [5.74, 6) is 0.603. The van der Waals surface area contributed by atoms with E-state index in [1.54, 1.807) is 18.5 Å². The molecule has 0 spiro atoms. The second kappa shape index (κ2) is 8.59. The van der Waals surface area contributed by atoms with E-state index in [-0.39, 0.29) is 23.7 Å². The van der Waals surface area contributed by atoms with Gasteiger partial charge in [0.25, 0.3) is 0 Å². The number of carbonyl (C=O) groups is 2. The lowest BCUT2D eigenvalue weighted by molar-refractivity contribution is -0.138. The molecule has 4 rings (SSSR count). The highest BCUT2D eigenvalue weighted by Gasteiger charge is 2.50. The molecule has 152 valence electrons. The van der Waals surface area contributed by atoms with E-state index in [2.05, 4.69) is 14.9 Å². The van der Waals surface area contributed by atoms with E-state index in [9.17, 15) is 9.59 Å². The van der Waals surface area contributed by atoms with Gasteiger partial charge in [0.1, 0.15) is 0 Å². The van der Waals surface area contributed by atoms with E-state index in [0.717, 1.165) is 18.7 Å². The fraction of sp³-hybridized carbons (Fsp3) is 0.455. The number of piperazine rings is 1. The predicted molar refractivity (Wildman–Crippen MR) is 110 cm³/mol. The van der Waals surface area contributed by atoms with Crippen molar-refractivity contribution in [3.63, 3.8) is 0 Å². The summed E-state index contributed by atoms with van der Waals surface area (Å²) in [6.45, 7) is 5.98. The maximum Gasteiger partial charge on any atom is 0.226 e. The first-order valence-electron chi connectivity index (χ1n) is 10.3. The minimum Gasteiger partial charge on any atom is -0.339 e. The average Bonchev–Trinajstić information content (AvgIpc) is 3.59. The highest BCUT2D eigenvalue weighted by molar-refractivity contribution is 5.92. The van der Waals surface area contributed by atoms with Crippen molar-refractivity contribution in [3.05, 3.63) is 54.4 Å². The average molecular weight is 393 g/mol. The molecule has 1 saturated heterocycles. The molecular weight excluding hydrogens is 366 g/mol. The first kappa shape index (κ1) is 19.4. The molecule has 2 unspecified atom stereocenters. The van der Waals surface area contributed by atoms with Crippen LogP contribution in [-0.4, -0.2) is 64.3 Å². The van der Waals surface area contributed by atoms with Crippen molar-refractivity contribution >= 4 is 17.8 Å². The molecule has 2 heterocycles. The maximum atomic E-state index is 12.9. The molecule has 7 heteroatoms. The summed E-state index contributed by atoms with van der Waals surface area (Å²) >= 11 is 0. The summed E-state index contributed by atoms with van der Waals surface area (Å²) in [4.78, 5) is 40.2. The number of hydrogen-bond donors (Lipinski definition) is 0. The zero-order chi connectivity index (χ0) is 20.2. The van der Waals surface area contributed by atoms with Gasteiger partial charge in [0, 0.05) is 51.7 Å². The molecule has 29 heavy (non-hydrogen) atoms. The maximum absolute atomic E-state index is 12.9. The SMILES string of the molecule is CCN(Cc1ccccc1)C(=O)C1CC1C(=O)N1CCN(c2ncccn2)CC1. The molecule has 7 nitrogen and oxygen atoms in total. The molecule has 0 radical (unpaired) electrons. The topological polar surface area (TPSA) is 69.6 Å². The quantitative estimate of drug-likeness (QED) is 0.749. The van der Waals surface area contributed by atoms with Crippen LogP contribution in [0.15, 0.2) is 48.8 Å². The molecule has 1 saturated carbocycles. The number of hydrogen-bond acceptors (Lipinski definition) is 5. The zero-order valence-corrected chi connectivity index (χ0v) is 16.8. The highest BCUT2D eigenvalue weighted by Crippen LogP contribution is 2.41. The Kier molecular flexibility index (Phi) is 5.74. The van der Waals surface area contributed by atoms with Crippen LogP contribution in [0.2, 0.25) is 0 Å². The van der Waals surface area contributed by atoms with Crippen molar-refractivity contribution in [2.45, 2.75) is 19.9 Å².